The molecule has 2 saturated carbocycles. The second kappa shape index (κ2) is 13.2. The van der Waals surface area contributed by atoms with Gasteiger partial charge in [-0.2, -0.15) is 0 Å². The van der Waals surface area contributed by atoms with Crippen molar-refractivity contribution in [2.75, 3.05) is 6.61 Å². The molecule has 2 rings (SSSR count). The van der Waals surface area contributed by atoms with Crippen LogP contribution in [-0.4, -0.2) is 12.7 Å². The molecule has 2 fully saturated rings. The molecule has 0 atom stereocenters. The van der Waals surface area contributed by atoms with E-state index < -0.39 is 0 Å². The van der Waals surface area contributed by atoms with Gasteiger partial charge in [0, 0.05) is 6.61 Å². The SMILES string of the molecule is CCCCC1CCC(C=CC#CC=CC2CCC(OCCC)CC2)CC1. The first-order valence-corrected chi connectivity index (χ1v) is 11.3. The molecule has 146 valence electrons. The summed E-state index contributed by atoms with van der Waals surface area (Å²) in [6, 6.07) is 0. The van der Waals surface area contributed by atoms with Gasteiger partial charge >= 0.3 is 0 Å². The zero-order valence-electron chi connectivity index (χ0n) is 17.2. The Kier molecular flexibility index (Phi) is 10.8. The van der Waals surface area contributed by atoms with Crippen LogP contribution in [0.1, 0.15) is 90.9 Å². The molecule has 0 amide bonds. The van der Waals surface area contributed by atoms with Gasteiger partial charge in [0.2, 0.25) is 0 Å². The van der Waals surface area contributed by atoms with Crippen LogP contribution in [0.15, 0.2) is 24.3 Å². The van der Waals surface area contributed by atoms with Gasteiger partial charge in [0.15, 0.2) is 0 Å². The molecule has 0 saturated heterocycles. The molecule has 1 nitrogen and oxygen atoms in total. The van der Waals surface area contributed by atoms with Crippen LogP contribution in [0.3, 0.4) is 0 Å². The van der Waals surface area contributed by atoms with Crippen molar-refractivity contribution in [2.24, 2.45) is 17.8 Å². The van der Waals surface area contributed by atoms with Crippen LogP contribution in [-0.2, 0) is 4.74 Å². The molecule has 0 bridgehead atoms. The number of ether oxygens (including phenoxy) is 1. The Bertz CT molecular complexity index is 420. The molecule has 0 spiro atoms. The highest BCUT2D eigenvalue weighted by molar-refractivity contribution is 5.24. The lowest BCUT2D eigenvalue weighted by Gasteiger charge is -2.26. The lowest BCUT2D eigenvalue weighted by atomic mass is 9.80. The van der Waals surface area contributed by atoms with Crippen LogP contribution in [0.4, 0.5) is 0 Å². The monoisotopic (exact) mass is 356 g/mol. The maximum absolute atomic E-state index is 5.86. The number of allylic oxidation sites excluding steroid dienone is 4. The second-order valence-corrected chi connectivity index (χ2v) is 8.34. The fourth-order valence-electron chi connectivity index (χ4n) is 4.36. The zero-order valence-corrected chi connectivity index (χ0v) is 17.2. The highest BCUT2D eigenvalue weighted by Gasteiger charge is 2.19. The molecule has 0 heterocycles. The molecule has 2 aliphatic rings. The van der Waals surface area contributed by atoms with Gasteiger partial charge in [0.25, 0.3) is 0 Å². The third kappa shape index (κ3) is 8.59. The third-order valence-electron chi connectivity index (χ3n) is 6.12. The van der Waals surface area contributed by atoms with Crippen molar-refractivity contribution in [3.63, 3.8) is 0 Å². The molecule has 1 heteroatoms. The molecule has 0 aromatic rings. The summed E-state index contributed by atoms with van der Waals surface area (Å²) in [5.41, 5.74) is 0. The van der Waals surface area contributed by atoms with Crippen molar-refractivity contribution in [1.82, 2.24) is 0 Å². The van der Waals surface area contributed by atoms with E-state index in [1.807, 2.05) is 0 Å². The van der Waals surface area contributed by atoms with Crippen LogP contribution < -0.4 is 0 Å². The molecule has 0 N–H and O–H groups in total. The normalized spacial score (nSPS) is 29.8. The van der Waals surface area contributed by atoms with Gasteiger partial charge in [-0.15, -0.1) is 0 Å². The quantitative estimate of drug-likeness (QED) is 0.422. The van der Waals surface area contributed by atoms with Crippen molar-refractivity contribution in [2.45, 2.75) is 97.0 Å². The van der Waals surface area contributed by atoms with E-state index in [4.69, 9.17) is 4.74 Å². The zero-order chi connectivity index (χ0) is 18.5. The van der Waals surface area contributed by atoms with Crippen LogP contribution >= 0.6 is 0 Å². The average Bonchev–Trinajstić information content (AvgIpc) is 2.69. The molecule has 0 radical (unpaired) electrons. The van der Waals surface area contributed by atoms with Gasteiger partial charge in [0.05, 0.1) is 6.10 Å². The number of hydrogen-bond acceptors (Lipinski definition) is 1. The average molecular weight is 357 g/mol. The minimum atomic E-state index is 0.505. The van der Waals surface area contributed by atoms with E-state index in [1.165, 1.54) is 70.6 Å². The summed E-state index contributed by atoms with van der Waals surface area (Å²) >= 11 is 0. The van der Waals surface area contributed by atoms with E-state index in [2.05, 4.69) is 50.0 Å². The first-order valence-electron chi connectivity index (χ1n) is 11.3. The van der Waals surface area contributed by atoms with Crippen molar-refractivity contribution in [1.29, 1.82) is 0 Å². The first-order chi connectivity index (χ1) is 12.8. The topological polar surface area (TPSA) is 9.23 Å². The fraction of sp³-hybridized carbons (Fsp3) is 0.760. The third-order valence-corrected chi connectivity index (χ3v) is 6.12. The maximum Gasteiger partial charge on any atom is 0.0575 e. The summed E-state index contributed by atoms with van der Waals surface area (Å²) in [5, 5.41) is 0. The molecule has 0 unspecified atom stereocenters. The van der Waals surface area contributed by atoms with Gasteiger partial charge in [-0.1, -0.05) is 57.1 Å². The van der Waals surface area contributed by atoms with Gasteiger partial charge in [-0.3, -0.25) is 0 Å². The Hall–Kier alpha value is -1.00. The highest BCUT2D eigenvalue weighted by atomic mass is 16.5. The Morgan fingerprint density at radius 2 is 1.35 bits per heavy atom. The largest absolute Gasteiger partial charge is 0.378 e. The number of rotatable bonds is 8. The molecular weight excluding hydrogens is 316 g/mol. The van der Waals surface area contributed by atoms with Gasteiger partial charge in [0.1, 0.15) is 0 Å². The van der Waals surface area contributed by atoms with Crippen LogP contribution in [0.5, 0.6) is 0 Å². The lowest BCUT2D eigenvalue weighted by Crippen LogP contribution is -2.21. The minimum Gasteiger partial charge on any atom is -0.378 e. The van der Waals surface area contributed by atoms with E-state index in [9.17, 15) is 0 Å². The molecule has 0 aliphatic heterocycles. The summed E-state index contributed by atoms with van der Waals surface area (Å²) < 4.78 is 5.86. The molecule has 0 aromatic carbocycles. The van der Waals surface area contributed by atoms with E-state index in [0.29, 0.717) is 12.0 Å². The lowest BCUT2D eigenvalue weighted by molar-refractivity contribution is 0.0227. The van der Waals surface area contributed by atoms with E-state index in [0.717, 1.165) is 24.9 Å². The van der Waals surface area contributed by atoms with Gasteiger partial charge in [-0.25, -0.2) is 0 Å². The highest BCUT2D eigenvalue weighted by Crippen LogP contribution is 2.32. The standard InChI is InChI=1S/C25H40O/c1-3-5-10-22-13-15-23(16-14-22)11-8-6-7-9-12-24-17-19-25(20-18-24)26-21-4-2/h8-9,11-12,22-25H,3-5,10,13-21H2,1-2H3. The molecule has 2 aliphatic carbocycles. The Morgan fingerprint density at radius 1 is 0.769 bits per heavy atom. The Balaban J connectivity index is 1.59. The van der Waals surface area contributed by atoms with Crippen LogP contribution in [0.25, 0.3) is 0 Å². The van der Waals surface area contributed by atoms with E-state index in [1.54, 1.807) is 0 Å². The number of unbranched alkanes of at least 4 members (excludes halogenated alkanes) is 1. The Labute approximate surface area is 162 Å². The molecule has 26 heavy (non-hydrogen) atoms. The Morgan fingerprint density at radius 3 is 1.88 bits per heavy atom. The van der Waals surface area contributed by atoms with Crippen molar-refractivity contribution in [3.05, 3.63) is 24.3 Å². The van der Waals surface area contributed by atoms with Crippen LogP contribution in [0.2, 0.25) is 0 Å². The van der Waals surface area contributed by atoms with Gasteiger partial charge < -0.3 is 4.74 Å². The molecule has 0 aromatic heterocycles. The predicted octanol–water partition coefficient (Wildman–Crippen LogP) is 7.08. The summed E-state index contributed by atoms with van der Waals surface area (Å²) in [7, 11) is 0. The van der Waals surface area contributed by atoms with Crippen LogP contribution in [0, 0.1) is 29.6 Å². The maximum atomic E-state index is 5.86. The van der Waals surface area contributed by atoms with Gasteiger partial charge in [-0.05, 0) is 87.7 Å². The second-order valence-electron chi connectivity index (χ2n) is 8.34. The fourth-order valence-corrected chi connectivity index (χ4v) is 4.36. The van der Waals surface area contributed by atoms with Crippen molar-refractivity contribution in [3.8, 4) is 11.8 Å². The molecular formula is C25H40O. The first kappa shape index (κ1) is 21.3. The number of hydrogen-bond donors (Lipinski definition) is 0. The predicted molar refractivity (Wildman–Crippen MR) is 113 cm³/mol. The summed E-state index contributed by atoms with van der Waals surface area (Å²) in [6.45, 7) is 5.40. The van der Waals surface area contributed by atoms with E-state index in [-0.39, 0.29) is 0 Å². The van der Waals surface area contributed by atoms with Crippen molar-refractivity contribution >= 4 is 0 Å². The summed E-state index contributed by atoms with van der Waals surface area (Å²) in [5.74, 6) is 8.88. The summed E-state index contributed by atoms with van der Waals surface area (Å²) in [4.78, 5) is 0. The van der Waals surface area contributed by atoms with E-state index >= 15 is 0 Å². The smallest absolute Gasteiger partial charge is 0.0575 e. The van der Waals surface area contributed by atoms with Crippen molar-refractivity contribution < 1.29 is 4.74 Å². The summed E-state index contributed by atoms with van der Waals surface area (Å²) in [6.07, 6.45) is 25.2. The minimum absolute atomic E-state index is 0.505.